The number of phenols is 1. The number of nitrogens with one attached hydrogen (secondary N) is 2. The number of fused-ring (bicyclic) bond motifs is 2. The Morgan fingerprint density at radius 3 is 2.25 bits per heavy atom. The van der Waals surface area contributed by atoms with Crippen LogP contribution in [0.5, 0.6) is 5.75 Å². The number of carbonyl (C=O) groups is 3. The van der Waals surface area contributed by atoms with E-state index in [-0.39, 0.29) is 67.0 Å². The Labute approximate surface area is 407 Å². The number of aromatic nitrogens is 5. The number of para-hydroxylation sites is 1. The van der Waals surface area contributed by atoms with Gasteiger partial charge >= 0.3 is 0 Å². The molecular formula is C51H64N12O5S. The largest absolute Gasteiger partial charge is 0.507 e. The van der Waals surface area contributed by atoms with Gasteiger partial charge in [-0.2, -0.15) is 0 Å². The number of β-amino-alcohol motifs (C(OH)–C–C–N with tert-alkyl or cyclic N) is 1. The number of hydrogen-bond donors (Lipinski definition) is 5. The summed E-state index contributed by atoms with van der Waals surface area (Å²) in [5.41, 5.74) is 13.5. The minimum absolute atomic E-state index is 0.0247. The van der Waals surface area contributed by atoms with Crippen molar-refractivity contribution in [1.29, 1.82) is 0 Å². The van der Waals surface area contributed by atoms with Crippen molar-refractivity contribution in [3.63, 3.8) is 0 Å². The van der Waals surface area contributed by atoms with Gasteiger partial charge in [0.15, 0.2) is 5.82 Å². The number of amides is 3. The zero-order valence-electron chi connectivity index (χ0n) is 40.1. The van der Waals surface area contributed by atoms with E-state index in [1.54, 1.807) is 23.5 Å². The quantitative estimate of drug-likeness (QED) is 0.101. The Morgan fingerprint density at radius 1 is 0.899 bits per heavy atom. The fraction of sp³-hybridized carbons (Fsp3) is 0.490. The molecule has 1 saturated carbocycles. The van der Waals surface area contributed by atoms with Crippen molar-refractivity contribution in [1.82, 2.24) is 45.6 Å². The Morgan fingerprint density at radius 2 is 1.59 bits per heavy atom. The average molecular weight is 957 g/mol. The lowest BCUT2D eigenvalue weighted by molar-refractivity contribution is -0.144. The number of aryl methyl sites for hydroxylation is 1. The minimum atomic E-state index is -0.877. The van der Waals surface area contributed by atoms with E-state index >= 15 is 0 Å². The lowest BCUT2D eigenvalue weighted by atomic mass is 9.82. The van der Waals surface area contributed by atoms with Gasteiger partial charge in [-0.25, -0.2) is 15.0 Å². The third-order valence-corrected chi connectivity index (χ3v) is 15.5. The monoisotopic (exact) mass is 956 g/mol. The number of nitrogens with two attached hydrogens (primary N) is 1. The second kappa shape index (κ2) is 20.0. The number of hydrogen-bond acceptors (Lipinski definition) is 15. The van der Waals surface area contributed by atoms with E-state index in [0.29, 0.717) is 36.5 Å². The molecule has 18 heteroatoms. The van der Waals surface area contributed by atoms with Gasteiger partial charge in [0.1, 0.15) is 17.8 Å². The average Bonchev–Trinajstić information content (AvgIpc) is 4.03. The zero-order chi connectivity index (χ0) is 48.6. The van der Waals surface area contributed by atoms with E-state index in [1.165, 1.54) is 4.90 Å². The molecule has 364 valence electrons. The van der Waals surface area contributed by atoms with Gasteiger partial charge in [-0.3, -0.25) is 19.3 Å². The van der Waals surface area contributed by atoms with Crippen LogP contribution >= 0.6 is 11.3 Å². The number of carbonyl (C=O) groups excluding carboxylic acids is 3. The Hall–Kier alpha value is -6.24. The van der Waals surface area contributed by atoms with Crippen LogP contribution in [0, 0.1) is 18.3 Å². The Bertz CT molecular complexity index is 2620. The van der Waals surface area contributed by atoms with Crippen LogP contribution in [0.15, 0.2) is 72.5 Å². The van der Waals surface area contributed by atoms with Crippen LogP contribution in [-0.2, 0) is 27.5 Å². The van der Waals surface area contributed by atoms with Crippen LogP contribution in [0.4, 0.5) is 17.5 Å². The first-order chi connectivity index (χ1) is 33.1. The molecule has 0 radical (unpaired) electrons. The molecule has 2 bridgehead atoms. The maximum Gasteiger partial charge on any atom is 0.246 e. The van der Waals surface area contributed by atoms with Crippen LogP contribution in [0.25, 0.3) is 21.7 Å². The fourth-order valence-corrected chi connectivity index (χ4v) is 11.5. The SMILES string of the molecule is Cc1ncsc1-c1ccc(CNC(=O)[C@@H]2C[C@@H](O)CN2C(=O)[C@@H](NC(=O)[C@H]2CC[C@H](N(C)Cc3cnc(N4C5CCC4CN(c4cc(-c6ccccc6O)nnc4N)C5)nc3)CC2)C(C)(C)C)cc1. The maximum atomic E-state index is 14.3. The Balaban J connectivity index is 0.754. The predicted molar refractivity (Wildman–Crippen MR) is 266 cm³/mol. The van der Waals surface area contributed by atoms with Crippen molar-refractivity contribution < 1.29 is 24.6 Å². The van der Waals surface area contributed by atoms with Gasteiger partial charge in [0.25, 0.3) is 0 Å². The number of likely N-dealkylation sites (tertiary alicyclic amines) is 1. The summed E-state index contributed by atoms with van der Waals surface area (Å²) in [6.45, 7) is 10.2. The molecule has 17 nitrogen and oxygen atoms in total. The number of thiazole rings is 1. The molecule has 9 rings (SSSR count). The first-order valence-corrected chi connectivity index (χ1v) is 25.0. The summed E-state index contributed by atoms with van der Waals surface area (Å²) in [6, 6.07) is 15.9. The Kier molecular flexibility index (Phi) is 13.9. The summed E-state index contributed by atoms with van der Waals surface area (Å²) in [5, 5.41) is 35.7. The molecule has 3 saturated heterocycles. The van der Waals surface area contributed by atoms with Crippen molar-refractivity contribution in [2.45, 2.75) is 122 Å². The van der Waals surface area contributed by atoms with Gasteiger partial charge in [-0.1, -0.05) is 57.2 Å². The van der Waals surface area contributed by atoms with Gasteiger partial charge in [0.05, 0.1) is 33.6 Å². The molecular weight excluding hydrogens is 893 g/mol. The van der Waals surface area contributed by atoms with Gasteiger partial charge in [-0.05, 0) is 87.2 Å². The minimum Gasteiger partial charge on any atom is -0.507 e. The number of rotatable bonds is 13. The molecule has 5 aromatic rings. The van der Waals surface area contributed by atoms with Gasteiger partial charge < -0.3 is 41.3 Å². The molecule has 3 aliphatic heterocycles. The number of aliphatic hydroxyl groups excluding tert-OH is 1. The lowest BCUT2D eigenvalue weighted by Gasteiger charge is -2.42. The van der Waals surface area contributed by atoms with Crippen molar-refractivity contribution in [2.24, 2.45) is 11.3 Å². The van der Waals surface area contributed by atoms with E-state index in [4.69, 9.17) is 15.7 Å². The van der Waals surface area contributed by atoms with E-state index < -0.39 is 23.6 Å². The van der Waals surface area contributed by atoms with Gasteiger partial charge in [-0.15, -0.1) is 21.5 Å². The third-order valence-electron chi connectivity index (χ3n) is 14.5. The maximum absolute atomic E-state index is 14.3. The highest BCUT2D eigenvalue weighted by atomic mass is 32.1. The highest BCUT2D eigenvalue weighted by Crippen LogP contribution is 2.39. The predicted octanol–water partition coefficient (Wildman–Crippen LogP) is 5.31. The smallest absolute Gasteiger partial charge is 0.246 e. The molecule has 3 aromatic heterocycles. The van der Waals surface area contributed by atoms with Crippen LogP contribution in [0.2, 0.25) is 0 Å². The topological polar surface area (TPSA) is 219 Å². The summed E-state index contributed by atoms with van der Waals surface area (Å²) < 4.78 is 0. The molecule has 5 atom stereocenters. The van der Waals surface area contributed by atoms with Crippen LogP contribution in [0.1, 0.15) is 82.5 Å². The van der Waals surface area contributed by atoms with E-state index in [9.17, 15) is 24.6 Å². The number of nitrogens with zero attached hydrogens (tertiary/aromatic N) is 9. The van der Waals surface area contributed by atoms with Gasteiger partial charge in [0, 0.05) is 86.7 Å². The molecule has 6 N–H and O–H groups in total. The highest BCUT2D eigenvalue weighted by molar-refractivity contribution is 7.13. The van der Waals surface area contributed by atoms with E-state index in [1.807, 2.05) is 88.1 Å². The second-order valence-corrected chi connectivity index (χ2v) is 21.3. The normalized spacial score (nSPS) is 23.0. The lowest BCUT2D eigenvalue weighted by Crippen LogP contribution is -2.58. The first-order valence-electron chi connectivity index (χ1n) is 24.1. The first kappa shape index (κ1) is 47.8. The van der Waals surface area contributed by atoms with E-state index in [0.717, 1.165) is 77.7 Å². The highest BCUT2D eigenvalue weighted by Gasteiger charge is 2.46. The van der Waals surface area contributed by atoms with Crippen molar-refractivity contribution in [3.8, 4) is 27.4 Å². The molecule has 0 spiro atoms. The number of benzene rings is 2. The van der Waals surface area contributed by atoms with Crippen molar-refractivity contribution >= 4 is 46.5 Å². The third kappa shape index (κ3) is 10.4. The van der Waals surface area contributed by atoms with Gasteiger partial charge in [0.2, 0.25) is 23.7 Å². The summed E-state index contributed by atoms with van der Waals surface area (Å²) >= 11 is 1.59. The van der Waals surface area contributed by atoms with Crippen molar-refractivity contribution in [3.05, 3.63) is 89.3 Å². The molecule has 69 heavy (non-hydrogen) atoms. The number of piperazine rings is 1. The van der Waals surface area contributed by atoms with Crippen molar-refractivity contribution in [2.75, 3.05) is 42.2 Å². The second-order valence-electron chi connectivity index (χ2n) is 20.4. The van der Waals surface area contributed by atoms with Crippen LogP contribution in [0.3, 0.4) is 0 Å². The fourth-order valence-electron chi connectivity index (χ4n) is 10.7. The molecule has 2 unspecified atom stereocenters. The summed E-state index contributed by atoms with van der Waals surface area (Å²) in [4.78, 5) is 65.4. The molecule has 2 aromatic carbocycles. The molecule has 4 aliphatic rings. The van der Waals surface area contributed by atoms with Crippen LogP contribution in [-0.4, -0.2) is 126 Å². The van der Waals surface area contributed by atoms with Crippen LogP contribution < -0.4 is 26.2 Å². The van der Waals surface area contributed by atoms with E-state index in [2.05, 4.69) is 47.6 Å². The molecule has 6 heterocycles. The number of aromatic hydroxyl groups is 1. The number of anilines is 3. The molecule has 1 aliphatic carbocycles. The standard InChI is InChI=1S/C51H64N12O5S/c1-30-44(69-29-56-30)33-12-10-31(11-13-33)22-53-48(67)42-20-38(64)28-62(42)49(68)45(51(2,3)4)57-47(66)34-14-16-35(17-15-34)60(5)25-32-23-54-50(55-24-32)63-36-18-19-37(63)27-61(26-36)41-21-40(58-59-46(41)52)39-8-6-7-9-43(39)65/h6-13,21,23-24,29,34-38,42,45,64-65H,14-20,22,25-28H2,1-5H3,(H2,52,59)(H,53,67)(H,57,66)/t34-,35-,36?,37?,38-,42+,45-/m1/s1. The number of phenolic OH excluding ortho intramolecular Hbond substituents is 1. The number of aliphatic hydroxyl groups is 1. The summed E-state index contributed by atoms with van der Waals surface area (Å²) in [7, 11) is 2.11. The number of nitrogen functional groups attached to an aromatic ring is 1. The molecule has 4 fully saturated rings. The summed E-state index contributed by atoms with van der Waals surface area (Å²) in [5.74, 6) is 0.138. The summed E-state index contributed by atoms with van der Waals surface area (Å²) in [6.07, 6.45) is 8.19. The molecule has 3 amide bonds. The zero-order valence-corrected chi connectivity index (χ0v) is 40.9.